The molecular formula is C21H17Cl2N3O2. The van der Waals surface area contributed by atoms with Crippen molar-refractivity contribution in [2.75, 3.05) is 5.32 Å². The number of aryl methyl sites for hydroxylation is 2. The molecule has 0 saturated heterocycles. The van der Waals surface area contributed by atoms with E-state index in [1.807, 2.05) is 44.2 Å². The molecule has 7 heteroatoms. The van der Waals surface area contributed by atoms with Gasteiger partial charge in [-0.05, 0) is 55.3 Å². The highest BCUT2D eigenvalue weighted by atomic mass is 35.5. The summed E-state index contributed by atoms with van der Waals surface area (Å²) in [5.41, 5.74) is 4.98. The summed E-state index contributed by atoms with van der Waals surface area (Å²) in [5, 5.41) is 9.39. The molecule has 0 atom stereocenters. The topological polar surface area (TPSA) is 70.9 Å². The molecule has 2 N–H and O–H groups in total. The van der Waals surface area contributed by atoms with Gasteiger partial charge in [-0.25, -0.2) is 0 Å². The minimum absolute atomic E-state index is 0.177. The molecule has 5 nitrogen and oxygen atoms in total. The third-order valence-corrected chi connectivity index (χ3v) is 5.01. The molecule has 0 saturated carbocycles. The van der Waals surface area contributed by atoms with Crippen LogP contribution in [0.2, 0.25) is 10.0 Å². The quantitative estimate of drug-likeness (QED) is 0.448. The molecule has 0 fully saturated rings. The van der Waals surface area contributed by atoms with E-state index in [1.165, 1.54) is 0 Å². The zero-order valence-corrected chi connectivity index (χ0v) is 16.8. The van der Waals surface area contributed by atoms with Crippen molar-refractivity contribution in [3.8, 4) is 11.1 Å². The molecule has 2 aromatic heterocycles. The Labute approximate surface area is 171 Å². The van der Waals surface area contributed by atoms with Gasteiger partial charge in [0.15, 0.2) is 0 Å². The molecule has 4 aromatic rings. The van der Waals surface area contributed by atoms with Gasteiger partial charge < -0.3 is 14.8 Å². The highest BCUT2D eigenvalue weighted by Crippen LogP contribution is 2.31. The Morgan fingerprint density at radius 3 is 2.50 bits per heavy atom. The lowest BCUT2D eigenvalue weighted by Crippen LogP contribution is -2.08. The lowest BCUT2D eigenvalue weighted by molar-refractivity contribution is 0.393. The maximum atomic E-state index is 12.1. The second kappa shape index (κ2) is 7.34. The largest absolute Gasteiger partial charge is 0.380 e. The van der Waals surface area contributed by atoms with Crippen molar-refractivity contribution < 1.29 is 4.52 Å². The highest BCUT2D eigenvalue weighted by molar-refractivity contribution is 6.34. The Morgan fingerprint density at radius 2 is 1.82 bits per heavy atom. The Kier molecular flexibility index (Phi) is 4.87. The van der Waals surface area contributed by atoms with E-state index >= 15 is 0 Å². The molecule has 142 valence electrons. The normalized spacial score (nSPS) is 11.1. The Morgan fingerprint density at radius 1 is 1.07 bits per heavy atom. The third-order valence-electron chi connectivity index (χ3n) is 4.57. The molecule has 0 unspecified atom stereocenters. The summed E-state index contributed by atoms with van der Waals surface area (Å²) < 4.78 is 5.29. The van der Waals surface area contributed by atoms with Crippen LogP contribution in [-0.2, 0) is 6.54 Å². The lowest BCUT2D eigenvalue weighted by Gasteiger charge is -2.12. The summed E-state index contributed by atoms with van der Waals surface area (Å²) in [6.45, 7) is 4.27. The van der Waals surface area contributed by atoms with Gasteiger partial charge in [0.25, 0.3) is 0 Å². The van der Waals surface area contributed by atoms with Crippen molar-refractivity contribution in [1.29, 1.82) is 0 Å². The van der Waals surface area contributed by atoms with Crippen LogP contribution in [0.4, 0.5) is 5.69 Å². The van der Waals surface area contributed by atoms with Gasteiger partial charge in [0.05, 0.1) is 11.2 Å². The van der Waals surface area contributed by atoms with Crippen molar-refractivity contribution >= 4 is 39.8 Å². The van der Waals surface area contributed by atoms with Crippen LogP contribution in [0.15, 0.2) is 51.8 Å². The zero-order chi connectivity index (χ0) is 19.8. The van der Waals surface area contributed by atoms with Crippen LogP contribution in [-0.4, -0.2) is 10.1 Å². The van der Waals surface area contributed by atoms with Crippen LogP contribution in [0, 0.1) is 13.8 Å². The fourth-order valence-electron chi connectivity index (χ4n) is 3.36. The van der Waals surface area contributed by atoms with Crippen molar-refractivity contribution in [2.45, 2.75) is 20.4 Å². The molecule has 2 aromatic carbocycles. The van der Waals surface area contributed by atoms with E-state index in [0.717, 1.165) is 44.7 Å². The van der Waals surface area contributed by atoms with Crippen LogP contribution in [0.5, 0.6) is 0 Å². The summed E-state index contributed by atoms with van der Waals surface area (Å²) >= 11 is 12.2. The fourth-order valence-corrected chi connectivity index (χ4v) is 3.93. The van der Waals surface area contributed by atoms with E-state index in [1.54, 1.807) is 12.1 Å². The first-order valence-electron chi connectivity index (χ1n) is 8.70. The smallest absolute Gasteiger partial charge is 0.250 e. The van der Waals surface area contributed by atoms with E-state index < -0.39 is 0 Å². The summed E-state index contributed by atoms with van der Waals surface area (Å²) in [4.78, 5) is 15.0. The lowest BCUT2D eigenvalue weighted by atomic mass is 10.0. The molecule has 0 radical (unpaired) electrons. The zero-order valence-electron chi connectivity index (χ0n) is 15.3. The minimum Gasteiger partial charge on any atom is -0.380 e. The molecule has 2 heterocycles. The second-order valence-corrected chi connectivity index (χ2v) is 7.51. The SMILES string of the molecule is Cc1noc(C)c1-c1ccc2[nH]c(=O)cc(NCc3cc(Cl)cc(Cl)c3)c2c1. The van der Waals surface area contributed by atoms with Gasteiger partial charge in [-0.3, -0.25) is 4.79 Å². The predicted octanol–water partition coefficient (Wildman–Crippen LogP) is 5.72. The number of rotatable bonds is 4. The van der Waals surface area contributed by atoms with Crippen LogP contribution in [0.1, 0.15) is 17.0 Å². The first kappa shape index (κ1) is 18.6. The van der Waals surface area contributed by atoms with Crippen LogP contribution >= 0.6 is 23.2 Å². The van der Waals surface area contributed by atoms with Gasteiger partial charge >= 0.3 is 0 Å². The first-order valence-corrected chi connectivity index (χ1v) is 9.45. The van der Waals surface area contributed by atoms with Gasteiger partial charge in [-0.15, -0.1) is 0 Å². The highest BCUT2D eigenvalue weighted by Gasteiger charge is 2.13. The number of aromatic nitrogens is 2. The number of hydrogen-bond acceptors (Lipinski definition) is 4. The average molecular weight is 414 g/mol. The second-order valence-electron chi connectivity index (χ2n) is 6.64. The number of nitrogens with one attached hydrogen (secondary N) is 2. The monoisotopic (exact) mass is 413 g/mol. The summed E-state index contributed by atoms with van der Waals surface area (Å²) in [6.07, 6.45) is 0. The van der Waals surface area contributed by atoms with Crippen molar-refractivity contribution in [2.24, 2.45) is 0 Å². The van der Waals surface area contributed by atoms with E-state index in [0.29, 0.717) is 16.6 Å². The Hall–Kier alpha value is -2.76. The molecule has 0 bridgehead atoms. The molecule has 0 aliphatic carbocycles. The number of halogens is 2. The maximum Gasteiger partial charge on any atom is 0.250 e. The maximum absolute atomic E-state index is 12.1. The van der Waals surface area contributed by atoms with Crippen LogP contribution in [0.3, 0.4) is 0 Å². The third kappa shape index (κ3) is 3.63. The number of anilines is 1. The average Bonchev–Trinajstić information content (AvgIpc) is 2.97. The Bertz CT molecular complexity index is 1200. The number of fused-ring (bicyclic) bond motifs is 1. The van der Waals surface area contributed by atoms with Gasteiger partial charge in [0.2, 0.25) is 5.56 Å². The van der Waals surface area contributed by atoms with Crippen molar-refractivity contribution in [1.82, 2.24) is 10.1 Å². The molecule has 0 amide bonds. The molecule has 4 rings (SSSR count). The predicted molar refractivity (Wildman–Crippen MR) is 113 cm³/mol. The van der Waals surface area contributed by atoms with E-state index in [-0.39, 0.29) is 5.56 Å². The summed E-state index contributed by atoms with van der Waals surface area (Å²) in [5.74, 6) is 0.754. The van der Waals surface area contributed by atoms with Gasteiger partial charge in [-0.2, -0.15) is 0 Å². The van der Waals surface area contributed by atoms with E-state index in [2.05, 4.69) is 15.5 Å². The standard InChI is InChI=1S/C21H17Cl2N3O2/c1-11-21(12(2)28-26-11)14-3-4-18-17(7-14)19(9-20(27)25-18)24-10-13-5-15(22)8-16(23)6-13/h3-9H,10H2,1-2H3,(H2,24,25,27). The molecule has 0 aliphatic heterocycles. The van der Waals surface area contributed by atoms with E-state index in [4.69, 9.17) is 27.7 Å². The molecule has 0 spiro atoms. The molecule has 28 heavy (non-hydrogen) atoms. The number of pyridine rings is 1. The van der Waals surface area contributed by atoms with Crippen molar-refractivity contribution in [3.05, 3.63) is 79.9 Å². The van der Waals surface area contributed by atoms with Gasteiger partial charge in [-0.1, -0.05) is 34.4 Å². The summed E-state index contributed by atoms with van der Waals surface area (Å²) in [7, 11) is 0. The van der Waals surface area contributed by atoms with Crippen LogP contribution in [0.25, 0.3) is 22.0 Å². The first-order chi connectivity index (χ1) is 13.4. The van der Waals surface area contributed by atoms with Crippen LogP contribution < -0.4 is 10.9 Å². The van der Waals surface area contributed by atoms with Gasteiger partial charge in [0.1, 0.15) is 5.76 Å². The molecular weight excluding hydrogens is 397 g/mol. The van der Waals surface area contributed by atoms with Gasteiger partial charge in [0, 0.05) is 39.3 Å². The number of aromatic amines is 1. The number of nitrogens with zero attached hydrogens (tertiary/aromatic N) is 1. The van der Waals surface area contributed by atoms with E-state index in [9.17, 15) is 4.79 Å². The van der Waals surface area contributed by atoms with Crippen molar-refractivity contribution in [3.63, 3.8) is 0 Å². The Balaban J connectivity index is 1.76. The number of benzene rings is 2. The number of hydrogen-bond donors (Lipinski definition) is 2. The molecule has 0 aliphatic rings. The minimum atomic E-state index is -0.177. The fraction of sp³-hybridized carbons (Fsp3) is 0.143. The summed E-state index contributed by atoms with van der Waals surface area (Å²) in [6, 6.07) is 12.8. The number of H-pyrrole nitrogens is 1.